The van der Waals surface area contributed by atoms with Crippen molar-refractivity contribution in [3.05, 3.63) is 34.9 Å². The first-order valence-electron chi connectivity index (χ1n) is 6.35. The lowest BCUT2D eigenvalue weighted by atomic mass is 9.83. The molecular weight excluding hydrogens is 242 g/mol. The number of likely N-dealkylation sites (N-methyl/N-ethyl adjacent to an activating group) is 1. The molecule has 0 fully saturated rings. The van der Waals surface area contributed by atoms with Gasteiger partial charge in [0.05, 0.1) is 0 Å². The van der Waals surface area contributed by atoms with Gasteiger partial charge in [-0.2, -0.15) is 0 Å². The number of hydrogen-bond acceptors (Lipinski definition) is 2. The predicted molar refractivity (Wildman–Crippen MR) is 72.4 cm³/mol. The summed E-state index contributed by atoms with van der Waals surface area (Å²) >= 11 is 0. The first-order chi connectivity index (χ1) is 8.71. The van der Waals surface area contributed by atoms with Crippen LogP contribution in [0.5, 0.6) is 0 Å². The summed E-state index contributed by atoms with van der Waals surface area (Å²) in [5.74, 6) is -1.17. The minimum Gasteiger partial charge on any atom is -0.480 e. The molecule has 0 spiro atoms. The van der Waals surface area contributed by atoms with Crippen LogP contribution in [0, 0.1) is 0 Å². The van der Waals surface area contributed by atoms with Crippen molar-refractivity contribution in [2.24, 2.45) is 0 Å². The molecular formula is C15H19NO3. The van der Waals surface area contributed by atoms with Crippen molar-refractivity contribution in [1.29, 1.82) is 0 Å². The molecule has 4 heteroatoms. The van der Waals surface area contributed by atoms with Crippen LogP contribution in [0.25, 0.3) is 0 Å². The second-order valence-electron chi connectivity index (χ2n) is 6.10. The zero-order valence-corrected chi connectivity index (χ0v) is 11.7. The highest BCUT2D eigenvalue weighted by Gasteiger charge is 2.34. The van der Waals surface area contributed by atoms with Gasteiger partial charge in [-0.1, -0.05) is 32.9 Å². The van der Waals surface area contributed by atoms with E-state index in [0.717, 1.165) is 11.1 Å². The van der Waals surface area contributed by atoms with E-state index >= 15 is 0 Å². The molecule has 1 heterocycles. The molecule has 2 rings (SSSR count). The Labute approximate surface area is 113 Å². The molecule has 1 amide bonds. The van der Waals surface area contributed by atoms with Gasteiger partial charge >= 0.3 is 5.97 Å². The van der Waals surface area contributed by atoms with E-state index in [0.29, 0.717) is 12.0 Å². The normalized spacial score (nSPS) is 19.3. The number of rotatable bonds is 1. The number of nitrogens with zero attached hydrogens (tertiary/aromatic N) is 1. The SMILES string of the molecule is CN1C(=O)c2cc(C(C)(C)C)ccc2CC1C(=O)O. The molecule has 19 heavy (non-hydrogen) atoms. The second-order valence-corrected chi connectivity index (χ2v) is 6.10. The molecule has 1 aromatic rings. The topological polar surface area (TPSA) is 57.6 Å². The summed E-state index contributed by atoms with van der Waals surface area (Å²) in [6, 6.07) is 5.00. The Morgan fingerprint density at radius 1 is 1.37 bits per heavy atom. The maximum absolute atomic E-state index is 12.3. The quantitative estimate of drug-likeness (QED) is 0.842. The molecule has 0 radical (unpaired) electrons. The summed E-state index contributed by atoms with van der Waals surface area (Å²) in [7, 11) is 1.55. The van der Waals surface area contributed by atoms with Crippen molar-refractivity contribution in [3.8, 4) is 0 Å². The summed E-state index contributed by atoms with van der Waals surface area (Å²) in [6.07, 6.45) is 0.372. The van der Waals surface area contributed by atoms with Gasteiger partial charge in [-0.3, -0.25) is 4.79 Å². The fourth-order valence-corrected chi connectivity index (χ4v) is 2.35. The number of benzene rings is 1. The lowest BCUT2D eigenvalue weighted by molar-refractivity contribution is -0.142. The highest BCUT2D eigenvalue weighted by molar-refractivity contribution is 5.99. The van der Waals surface area contributed by atoms with E-state index in [9.17, 15) is 9.59 Å². The van der Waals surface area contributed by atoms with Crippen molar-refractivity contribution in [3.63, 3.8) is 0 Å². The summed E-state index contributed by atoms with van der Waals surface area (Å²) in [5, 5.41) is 9.14. The summed E-state index contributed by atoms with van der Waals surface area (Å²) in [5.41, 5.74) is 2.51. The predicted octanol–water partition coefficient (Wildman–Crippen LogP) is 2.07. The van der Waals surface area contributed by atoms with E-state index in [-0.39, 0.29) is 11.3 Å². The van der Waals surface area contributed by atoms with Crippen molar-refractivity contribution in [1.82, 2.24) is 4.90 Å². The third kappa shape index (κ3) is 2.35. The van der Waals surface area contributed by atoms with Crippen LogP contribution in [0.4, 0.5) is 0 Å². The van der Waals surface area contributed by atoms with Crippen LogP contribution in [0.1, 0.15) is 42.3 Å². The Bertz CT molecular complexity index is 543. The second kappa shape index (κ2) is 4.37. The van der Waals surface area contributed by atoms with Crippen LogP contribution in [0.2, 0.25) is 0 Å². The van der Waals surface area contributed by atoms with Crippen molar-refractivity contribution < 1.29 is 14.7 Å². The van der Waals surface area contributed by atoms with Gasteiger partial charge in [0.2, 0.25) is 0 Å². The Morgan fingerprint density at radius 3 is 2.53 bits per heavy atom. The van der Waals surface area contributed by atoms with Gasteiger partial charge in [-0.05, 0) is 22.6 Å². The monoisotopic (exact) mass is 261 g/mol. The van der Waals surface area contributed by atoms with Crippen LogP contribution in [-0.4, -0.2) is 35.0 Å². The van der Waals surface area contributed by atoms with Crippen molar-refractivity contribution >= 4 is 11.9 Å². The first kappa shape index (κ1) is 13.6. The van der Waals surface area contributed by atoms with Gasteiger partial charge in [-0.15, -0.1) is 0 Å². The van der Waals surface area contributed by atoms with E-state index in [2.05, 4.69) is 20.8 Å². The van der Waals surface area contributed by atoms with E-state index in [1.54, 1.807) is 7.05 Å². The molecule has 1 N–H and O–H groups in total. The largest absolute Gasteiger partial charge is 0.480 e. The maximum Gasteiger partial charge on any atom is 0.326 e. The minimum absolute atomic E-state index is 0.0302. The minimum atomic E-state index is -0.957. The summed E-state index contributed by atoms with van der Waals surface area (Å²) < 4.78 is 0. The van der Waals surface area contributed by atoms with Crippen molar-refractivity contribution in [2.45, 2.75) is 38.6 Å². The fraction of sp³-hybridized carbons (Fsp3) is 0.467. The standard InChI is InChI=1S/C15H19NO3/c1-15(2,3)10-6-5-9-7-12(14(18)19)16(4)13(17)11(9)8-10/h5-6,8,12H,7H2,1-4H3,(H,18,19). The molecule has 1 aromatic carbocycles. The molecule has 1 aliphatic heterocycles. The highest BCUT2D eigenvalue weighted by atomic mass is 16.4. The number of amides is 1. The van der Waals surface area contributed by atoms with Crippen LogP contribution >= 0.6 is 0 Å². The lowest BCUT2D eigenvalue weighted by Crippen LogP contribution is -2.47. The smallest absolute Gasteiger partial charge is 0.326 e. The molecule has 0 aromatic heterocycles. The molecule has 102 valence electrons. The zero-order valence-electron chi connectivity index (χ0n) is 11.7. The van der Waals surface area contributed by atoms with Crippen LogP contribution in [-0.2, 0) is 16.6 Å². The number of fused-ring (bicyclic) bond motifs is 1. The van der Waals surface area contributed by atoms with Gasteiger partial charge < -0.3 is 10.0 Å². The molecule has 0 saturated heterocycles. The molecule has 1 atom stereocenters. The van der Waals surface area contributed by atoms with Crippen molar-refractivity contribution in [2.75, 3.05) is 7.05 Å². The average molecular weight is 261 g/mol. The van der Waals surface area contributed by atoms with E-state index in [4.69, 9.17) is 5.11 Å². The Hall–Kier alpha value is -1.84. The number of carboxylic acid groups (broad SMARTS) is 1. The average Bonchev–Trinajstić information content (AvgIpc) is 2.31. The Balaban J connectivity index is 2.48. The number of carbonyl (C=O) groups excluding carboxylic acids is 1. The van der Waals surface area contributed by atoms with Gasteiger partial charge in [0, 0.05) is 19.0 Å². The van der Waals surface area contributed by atoms with Crippen LogP contribution < -0.4 is 0 Å². The molecule has 1 unspecified atom stereocenters. The molecule has 1 aliphatic rings. The summed E-state index contributed by atoms with van der Waals surface area (Å²) in [4.78, 5) is 24.7. The highest BCUT2D eigenvalue weighted by Crippen LogP contribution is 2.28. The van der Waals surface area contributed by atoms with E-state index in [1.807, 2.05) is 18.2 Å². The van der Waals surface area contributed by atoms with Gasteiger partial charge in [0.25, 0.3) is 5.91 Å². The third-order valence-corrected chi connectivity index (χ3v) is 3.69. The van der Waals surface area contributed by atoms with E-state index in [1.165, 1.54) is 4.90 Å². The van der Waals surface area contributed by atoms with Crippen LogP contribution in [0.15, 0.2) is 18.2 Å². The fourth-order valence-electron chi connectivity index (χ4n) is 2.35. The summed E-state index contributed by atoms with van der Waals surface area (Å²) in [6.45, 7) is 6.27. The number of carbonyl (C=O) groups is 2. The lowest BCUT2D eigenvalue weighted by Gasteiger charge is -2.32. The molecule has 0 saturated carbocycles. The number of carboxylic acids is 1. The van der Waals surface area contributed by atoms with Gasteiger partial charge in [0.1, 0.15) is 6.04 Å². The van der Waals surface area contributed by atoms with Crippen LogP contribution in [0.3, 0.4) is 0 Å². The van der Waals surface area contributed by atoms with Gasteiger partial charge in [0.15, 0.2) is 0 Å². The Morgan fingerprint density at radius 2 is 2.00 bits per heavy atom. The van der Waals surface area contributed by atoms with E-state index < -0.39 is 12.0 Å². The first-order valence-corrected chi connectivity index (χ1v) is 6.35. The number of hydrogen-bond donors (Lipinski definition) is 1. The molecule has 4 nitrogen and oxygen atoms in total. The molecule has 0 aliphatic carbocycles. The maximum atomic E-state index is 12.3. The number of aliphatic carboxylic acids is 1. The Kier molecular flexibility index (Phi) is 3.12. The third-order valence-electron chi connectivity index (χ3n) is 3.69. The zero-order chi connectivity index (χ0) is 14.4. The molecule has 0 bridgehead atoms. The van der Waals surface area contributed by atoms with Gasteiger partial charge in [-0.25, -0.2) is 4.79 Å².